The molecule has 0 saturated carbocycles. The summed E-state index contributed by atoms with van der Waals surface area (Å²) >= 11 is 4.57. The molecule has 100 valence electrons. The lowest BCUT2D eigenvalue weighted by Crippen LogP contribution is -2.05. The van der Waals surface area contributed by atoms with E-state index < -0.39 is 11.8 Å². The first-order chi connectivity index (χ1) is 9.00. The molecule has 0 fully saturated rings. The number of hydrogen-bond acceptors (Lipinski definition) is 3. The predicted molar refractivity (Wildman–Crippen MR) is 77.4 cm³/mol. The van der Waals surface area contributed by atoms with Crippen LogP contribution in [-0.4, -0.2) is 11.1 Å². The van der Waals surface area contributed by atoms with Crippen LogP contribution < -0.4 is 5.32 Å². The second-order valence-corrected chi connectivity index (χ2v) is 5.77. The maximum absolute atomic E-state index is 14.0. The van der Waals surface area contributed by atoms with E-state index in [1.165, 1.54) is 12.1 Å². The van der Waals surface area contributed by atoms with Gasteiger partial charge in [-0.1, -0.05) is 0 Å². The average Bonchev–Trinajstić information content (AvgIpc) is 2.76. The molecule has 0 spiro atoms. The van der Waals surface area contributed by atoms with Crippen molar-refractivity contribution in [1.29, 1.82) is 0 Å². The van der Waals surface area contributed by atoms with E-state index in [1.807, 2.05) is 18.4 Å². The Morgan fingerprint density at radius 3 is 2.79 bits per heavy atom. The van der Waals surface area contributed by atoms with Crippen LogP contribution in [0.5, 0.6) is 0 Å². The SMILES string of the molecule is Cc1ccsc1CNc1ccc(C(=O)O)c(Br)c1F. The summed E-state index contributed by atoms with van der Waals surface area (Å²) in [5.74, 6) is -1.75. The number of thiophene rings is 1. The Labute approximate surface area is 122 Å². The molecule has 2 N–H and O–H groups in total. The molecule has 0 radical (unpaired) electrons. The number of aryl methyl sites for hydroxylation is 1. The van der Waals surface area contributed by atoms with Crippen LogP contribution in [0.25, 0.3) is 0 Å². The highest BCUT2D eigenvalue weighted by atomic mass is 79.9. The minimum absolute atomic E-state index is 0.0344. The van der Waals surface area contributed by atoms with Crippen LogP contribution in [0.2, 0.25) is 0 Å². The van der Waals surface area contributed by atoms with Gasteiger partial charge in [-0.2, -0.15) is 0 Å². The molecule has 6 heteroatoms. The number of aromatic carboxylic acids is 1. The molecule has 0 bridgehead atoms. The Morgan fingerprint density at radius 1 is 1.47 bits per heavy atom. The summed E-state index contributed by atoms with van der Waals surface area (Å²) in [5, 5.41) is 13.8. The Hall–Kier alpha value is -1.40. The minimum Gasteiger partial charge on any atom is -0.478 e. The fourth-order valence-electron chi connectivity index (χ4n) is 1.61. The highest BCUT2D eigenvalue weighted by molar-refractivity contribution is 9.10. The lowest BCUT2D eigenvalue weighted by molar-refractivity contribution is 0.0695. The Bertz CT molecular complexity index is 627. The molecule has 0 aliphatic heterocycles. The third kappa shape index (κ3) is 2.96. The summed E-state index contributed by atoms with van der Waals surface area (Å²) in [6, 6.07) is 4.81. The predicted octanol–water partition coefficient (Wildman–Crippen LogP) is 4.27. The van der Waals surface area contributed by atoms with Crippen molar-refractivity contribution in [3.63, 3.8) is 0 Å². The van der Waals surface area contributed by atoms with Gasteiger partial charge in [0.05, 0.1) is 15.7 Å². The maximum Gasteiger partial charge on any atom is 0.336 e. The highest BCUT2D eigenvalue weighted by Crippen LogP contribution is 2.28. The summed E-state index contributed by atoms with van der Waals surface area (Å²) in [5.41, 5.74) is 1.35. The highest BCUT2D eigenvalue weighted by Gasteiger charge is 2.15. The quantitative estimate of drug-likeness (QED) is 0.871. The number of anilines is 1. The van der Waals surface area contributed by atoms with Crippen LogP contribution >= 0.6 is 27.3 Å². The molecular formula is C13H11BrFNO2S. The van der Waals surface area contributed by atoms with Gasteiger partial charge in [-0.25, -0.2) is 9.18 Å². The first-order valence-electron chi connectivity index (χ1n) is 5.49. The molecular weight excluding hydrogens is 333 g/mol. The number of rotatable bonds is 4. The first-order valence-corrected chi connectivity index (χ1v) is 7.16. The van der Waals surface area contributed by atoms with Crippen molar-refractivity contribution in [2.45, 2.75) is 13.5 Å². The summed E-state index contributed by atoms with van der Waals surface area (Å²) < 4.78 is 13.9. The van der Waals surface area contributed by atoms with Crippen molar-refractivity contribution >= 4 is 38.9 Å². The van der Waals surface area contributed by atoms with Crippen LogP contribution in [0, 0.1) is 12.7 Å². The number of carbonyl (C=O) groups is 1. The minimum atomic E-state index is -1.16. The van der Waals surface area contributed by atoms with E-state index in [4.69, 9.17) is 5.11 Å². The van der Waals surface area contributed by atoms with Gasteiger partial charge in [0.25, 0.3) is 0 Å². The largest absolute Gasteiger partial charge is 0.478 e. The van der Waals surface area contributed by atoms with Crippen molar-refractivity contribution in [2.24, 2.45) is 0 Å². The van der Waals surface area contributed by atoms with Crippen LogP contribution in [0.4, 0.5) is 10.1 Å². The molecule has 0 atom stereocenters. The zero-order chi connectivity index (χ0) is 14.0. The molecule has 1 aromatic heterocycles. The standard InChI is InChI=1S/C13H11BrFNO2S/c1-7-4-5-19-10(7)6-16-9-3-2-8(13(17)18)11(14)12(9)15/h2-5,16H,6H2,1H3,(H,17,18). The smallest absolute Gasteiger partial charge is 0.336 e. The third-order valence-electron chi connectivity index (χ3n) is 2.72. The topological polar surface area (TPSA) is 49.3 Å². The number of hydrogen-bond donors (Lipinski definition) is 2. The maximum atomic E-state index is 14.0. The van der Waals surface area contributed by atoms with Crippen LogP contribution in [0.1, 0.15) is 20.8 Å². The number of carboxylic acid groups (broad SMARTS) is 1. The molecule has 0 unspecified atom stereocenters. The molecule has 0 amide bonds. The van der Waals surface area contributed by atoms with Crippen molar-refractivity contribution in [3.05, 3.63) is 49.9 Å². The van der Waals surface area contributed by atoms with Gasteiger partial charge in [0, 0.05) is 11.4 Å². The molecule has 19 heavy (non-hydrogen) atoms. The number of nitrogens with one attached hydrogen (secondary N) is 1. The molecule has 0 aliphatic carbocycles. The van der Waals surface area contributed by atoms with E-state index in [0.29, 0.717) is 6.54 Å². The lowest BCUT2D eigenvalue weighted by Gasteiger charge is -2.09. The van der Waals surface area contributed by atoms with Crippen LogP contribution in [0.15, 0.2) is 28.1 Å². The number of carboxylic acids is 1. The number of halogens is 2. The first kappa shape index (κ1) is 14.0. The Balaban J connectivity index is 2.20. The van der Waals surface area contributed by atoms with E-state index >= 15 is 0 Å². The summed E-state index contributed by atoms with van der Waals surface area (Å²) in [6.45, 7) is 2.51. The fourth-order valence-corrected chi connectivity index (χ4v) is 2.97. The average molecular weight is 344 g/mol. The normalized spacial score (nSPS) is 10.5. The van der Waals surface area contributed by atoms with Gasteiger partial charge in [0.15, 0.2) is 5.82 Å². The Kier molecular flexibility index (Phi) is 4.21. The van der Waals surface area contributed by atoms with Gasteiger partial charge in [0.1, 0.15) is 0 Å². The van der Waals surface area contributed by atoms with Crippen molar-refractivity contribution in [3.8, 4) is 0 Å². The summed E-state index contributed by atoms with van der Waals surface area (Å²) in [4.78, 5) is 12.0. The zero-order valence-corrected chi connectivity index (χ0v) is 12.4. The second kappa shape index (κ2) is 5.71. The molecule has 2 aromatic rings. The van der Waals surface area contributed by atoms with Gasteiger partial charge in [0.2, 0.25) is 0 Å². The van der Waals surface area contributed by atoms with Gasteiger partial charge >= 0.3 is 5.97 Å². The second-order valence-electron chi connectivity index (χ2n) is 3.97. The van der Waals surface area contributed by atoms with Gasteiger partial charge in [-0.15, -0.1) is 11.3 Å². The summed E-state index contributed by atoms with van der Waals surface area (Å²) in [7, 11) is 0. The molecule has 0 aliphatic rings. The molecule has 2 rings (SSSR count). The van der Waals surface area contributed by atoms with Crippen molar-refractivity contribution < 1.29 is 14.3 Å². The van der Waals surface area contributed by atoms with E-state index in [0.717, 1.165) is 10.4 Å². The fraction of sp³-hybridized carbons (Fsp3) is 0.154. The monoisotopic (exact) mass is 343 g/mol. The van der Waals surface area contributed by atoms with Crippen molar-refractivity contribution in [1.82, 2.24) is 0 Å². The third-order valence-corrected chi connectivity index (χ3v) is 4.52. The van der Waals surface area contributed by atoms with Gasteiger partial charge in [-0.05, 0) is 52.0 Å². The van der Waals surface area contributed by atoms with E-state index in [2.05, 4.69) is 21.2 Å². The lowest BCUT2D eigenvalue weighted by atomic mass is 10.2. The zero-order valence-electron chi connectivity index (χ0n) is 10.0. The molecule has 1 aromatic carbocycles. The van der Waals surface area contributed by atoms with Gasteiger partial charge < -0.3 is 10.4 Å². The Morgan fingerprint density at radius 2 is 2.21 bits per heavy atom. The number of benzene rings is 1. The van der Waals surface area contributed by atoms with Crippen LogP contribution in [0.3, 0.4) is 0 Å². The van der Waals surface area contributed by atoms with Crippen molar-refractivity contribution in [2.75, 3.05) is 5.32 Å². The van der Waals surface area contributed by atoms with Gasteiger partial charge in [-0.3, -0.25) is 0 Å². The summed E-state index contributed by atoms with van der Waals surface area (Å²) in [6.07, 6.45) is 0. The van der Waals surface area contributed by atoms with E-state index in [1.54, 1.807) is 11.3 Å². The van der Waals surface area contributed by atoms with E-state index in [9.17, 15) is 9.18 Å². The molecule has 0 saturated heterocycles. The molecule has 3 nitrogen and oxygen atoms in total. The van der Waals surface area contributed by atoms with Crippen LogP contribution in [-0.2, 0) is 6.54 Å². The molecule has 1 heterocycles. The van der Waals surface area contributed by atoms with E-state index in [-0.39, 0.29) is 15.7 Å².